The highest BCUT2D eigenvalue weighted by atomic mass is 32.2. The Labute approximate surface area is 102 Å². The number of aromatic nitrogens is 3. The highest BCUT2D eigenvalue weighted by Gasteiger charge is 2.05. The SMILES string of the molecule is O=C(O)c1ccnc(SCc2ncccn2)c1. The Bertz CT molecular complexity index is 519. The van der Waals surface area contributed by atoms with Crippen molar-refractivity contribution in [2.45, 2.75) is 10.8 Å². The summed E-state index contributed by atoms with van der Waals surface area (Å²) in [5.41, 5.74) is 0.233. The van der Waals surface area contributed by atoms with Gasteiger partial charge in [0.1, 0.15) is 5.82 Å². The van der Waals surface area contributed by atoms with Gasteiger partial charge < -0.3 is 5.11 Å². The molecule has 0 aromatic carbocycles. The molecule has 0 spiro atoms. The quantitative estimate of drug-likeness (QED) is 0.831. The molecule has 0 amide bonds. The van der Waals surface area contributed by atoms with Crippen molar-refractivity contribution in [3.63, 3.8) is 0 Å². The number of hydrogen-bond acceptors (Lipinski definition) is 5. The van der Waals surface area contributed by atoms with E-state index in [0.29, 0.717) is 16.6 Å². The lowest BCUT2D eigenvalue weighted by molar-refractivity contribution is 0.0696. The summed E-state index contributed by atoms with van der Waals surface area (Å²) in [5.74, 6) is 0.307. The van der Waals surface area contributed by atoms with Gasteiger partial charge in [-0.1, -0.05) is 11.8 Å². The Morgan fingerprint density at radius 3 is 2.71 bits per heavy atom. The molecule has 0 fully saturated rings. The van der Waals surface area contributed by atoms with Crippen LogP contribution in [-0.2, 0) is 5.75 Å². The highest BCUT2D eigenvalue weighted by molar-refractivity contribution is 7.98. The number of nitrogens with zero attached hydrogens (tertiary/aromatic N) is 3. The van der Waals surface area contributed by atoms with Crippen LogP contribution in [0.15, 0.2) is 41.8 Å². The zero-order valence-electron chi connectivity index (χ0n) is 8.78. The number of rotatable bonds is 4. The number of carboxylic acid groups (broad SMARTS) is 1. The average Bonchev–Trinajstić information content (AvgIpc) is 2.38. The van der Waals surface area contributed by atoms with Crippen molar-refractivity contribution < 1.29 is 9.90 Å². The van der Waals surface area contributed by atoms with Crippen LogP contribution in [0.3, 0.4) is 0 Å². The summed E-state index contributed by atoms with van der Waals surface area (Å²) in [7, 11) is 0. The van der Waals surface area contributed by atoms with Gasteiger partial charge >= 0.3 is 5.97 Å². The van der Waals surface area contributed by atoms with Gasteiger partial charge in [-0.3, -0.25) is 0 Å². The molecule has 0 saturated heterocycles. The third-order valence-corrected chi connectivity index (χ3v) is 2.87. The third kappa shape index (κ3) is 3.25. The molecule has 2 aromatic heterocycles. The van der Waals surface area contributed by atoms with Gasteiger partial charge in [0.15, 0.2) is 0 Å². The molecule has 86 valence electrons. The van der Waals surface area contributed by atoms with Crippen molar-refractivity contribution in [1.29, 1.82) is 0 Å². The van der Waals surface area contributed by atoms with Crippen LogP contribution in [0.5, 0.6) is 0 Å². The first-order valence-corrected chi connectivity index (χ1v) is 5.82. The molecule has 0 aliphatic rings. The van der Waals surface area contributed by atoms with Gasteiger partial charge in [0.05, 0.1) is 16.3 Å². The van der Waals surface area contributed by atoms with Crippen LogP contribution in [0.2, 0.25) is 0 Å². The second kappa shape index (κ2) is 5.40. The van der Waals surface area contributed by atoms with Crippen LogP contribution < -0.4 is 0 Å². The fourth-order valence-electron chi connectivity index (χ4n) is 1.16. The van der Waals surface area contributed by atoms with E-state index >= 15 is 0 Å². The molecule has 0 saturated carbocycles. The molecule has 17 heavy (non-hydrogen) atoms. The topological polar surface area (TPSA) is 76.0 Å². The maximum absolute atomic E-state index is 10.8. The summed E-state index contributed by atoms with van der Waals surface area (Å²) in [6.07, 6.45) is 4.83. The molecular formula is C11H9N3O2S. The van der Waals surface area contributed by atoms with E-state index in [0.717, 1.165) is 0 Å². The lowest BCUT2D eigenvalue weighted by Crippen LogP contribution is -1.97. The minimum atomic E-state index is -0.954. The lowest BCUT2D eigenvalue weighted by Gasteiger charge is -2.00. The van der Waals surface area contributed by atoms with E-state index in [-0.39, 0.29) is 5.56 Å². The molecule has 0 aliphatic heterocycles. The zero-order chi connectivity index (χ0) is 12.1. The maximum Gasteiger partial charge on any atom is 0.335 e. The van der Waals surface area contributed by atoms with Gasteiger partial charge in [-0.2, -0.15) is 0 Å². The summed E-state index contributed by atoms with van der Waals surface area (Å²) < 4.78 is 0. The summed E-state index contributed by atoms with van der Waals surface area (Å²) >= 11 is 1.41. The van der Waals surface area contributed by atoms with Crippen LogP contribution in [0, 0.1) is 0 Å². The number of hydrogen-bond donors (Lipinski definition) is 1. The first kappa shape index (κ1) is 11.5. The minimum absolute atomic E-state index is 0.233. The average molecular weight is 247 g/mol. The molecule has 1 N–H and O–H groups in total. The number of aromatic carboxylic acids is 1. The lowest BCUT2D eigenvalue weighted by atomic mass is 10.3. The van der Waals surface area contributed by atoms with Crippen molar-refractivity contribution >= 4 is 17.7 Å². The molecule has 0 unspecified atom stereocenters. The smallest absolute Gasteiger partial charge is 0.335 e. The van der Waals surface area contributed by atoms with Gasteiger partial charge in [0.25, 0.3) is 0 Å². The molecule has 0 radical (unpaired) electrons. The van der Waals surface area contributed by atoms with Crippen LogP contribution in [-0.4, -0.2) is 26.0 Å². The summed E-state index contributed by atoms with van der Waals surface area (Å²) in [6, 6.07) is 4.75. The van der Waals surface area contributed by atoms with E-state index in [1.54, 1.807) is 18.5 Å². The fraction of sp³-hybridized carbons (Fsp3) is 0.0909. The molecule has 0 aliphatic carbocycles. The fourth-order valence-corrected chi connectivity index (χ4v) is 1.94. The third-order valence-electron chi connectivity index (χ3n) is 1.95. The molecule has 2 aromatic rings. The zero-order valence-corrected chi connectivity index (χ0v) is 9.59. The number of carbonyl (C=O) groups is 1. The second-order valence-electron chi connectivity index (χ2n) is 3.14. The second-order valence-corrected chi connectivity index (χ2v) is 4.14. The molecular weight excluding hydrogens is 238 g/mol. The van der Waals surface area contributed by atoms with E-state index in [1.807, 2.05) is 0 Å². The van der Waals surface area contributed by atoms with E-state index in [2.05, 4.69) is 15.0 Å². The number of carboxylic acids is 1. The summed E-state index contributed by atoms with van der Waals surface area (Å²) in [6.45, 7) is 0. The number of thioether (sulfide) groups is 1. The Balaban J connectivity index is 2.04. The maximum atomic E-state index is 10.8. The van der Waals surface area contributed by atoms with Crippen LogP contribution in [0.4, 0.5) is 0 Å². The standard InChI is InChI=1S/C11H9N3O2S/c15-11(16)8-2-5-14-10(6-8)17-7-9-12-3-1-4-13-9/h1-6H,7H2,(H,15,16). The predicted molar refractivity (Wildman–Crippen MR) is 62.8 cm³/mol. The highest BCUT2D eigenvalue weighted by Crippen LogP contribution is 2.19. The Morgan fingerprint density at radius 2 is 2.00 bits per heavy atom. The monoisotopic (exact) mass is 247 g/mol. The van der Waals surface area contributed by atoms with Crippen LogP contribution >= 0.6 is 11.8 Å². The van der Waals surface area contributed by atoms with Crippen molar-refractivity contribution in [3.8, 4) is 0 Å². The van der Waals surface area contributed by atoms with Crippen molar-refractivity contribution in [1.82, 2.24) is 15.0 Å². The van der Waals surface area contributed by atoms with E-state index in [4.69, 9.17) is 5.11 Å². The molecule has 0 atom stereocenters. The molecule has 0 bridgehead atoms. The van der Waals surface area contributed by atoms with Gasteiger partial charge in [0.2, 0.25) is 0 Å². The van der Waals surface area contributed by atoms with E-state index in [1.165, 1.54) is 30.1 Å². The Morgan fingerprint density at radius 1 is 1.24 bits per heavy atom. The molecule has 6 heteroatoms. The first-order valence-electron chi connectivity index (χ1n) is 4.84. The van der Waals surface area contributed by atoms with Gasteiger partial charge in [0, 0.05) is 18.6 Å². The first-order chi connectivity index (χ1) is 8.25. The van der Waals surface area contributed by atoms with E-state index < -0.39 is 5.97 Å². The summed E-state index contributed by atoms with van der Waals surface area (Å²) in [4.78, 5) is 23.0. The summed E-state index contributed by atoms with van der Waals surface area (Å²) in [5, 5.41) is 9.48. The molecule has 5 nitrogen and oxygen atoms in total. The van der Waals surface area contributed by atoms with Gasteiger partial charge in [-0.05, 0) is 18.2 Å². The van der Waals surface area contributed by atoms with E-state index in [9.17, 15) is 4.79 Å². The van der Waals surface area contributed by atoms with Crippen LogP contribution in [0.25, 0.3) is 0 Å². The predicted octanol–water partition coefficient (Wildman–Crippen LogP) is 1.86. The Kier molecular flexibility index (Phi) is 3.66. The van der Waals surface area contributed by atoms with Crippen molar-refractivity contribution in [2.75, 3.05) is 0 Å². The Hall–Kier alpha value is -1.95. The van der Waals surface area contributed by atoms with Gasteiger partial charge in [-0.15, -0.1) is 0 Å². The largest absolute Gasteiger partial charge is 0.478 e. The van der Waals surface area contributed by atoms with Crippen molar-refractivity contribution in [2.24, 2.45) is 0 Å². The normalized spacial score (nSPS) is 10.1. The van der Waals surface area contributed by atoms with Gasteiger partial charge in [-0.25, -0.2) is 19.7 Å². The van der Waals surface area contributed by atoms with Crippen molar-refractivity contribution in [3.05, 3.63) is 48.2 Å². The molecule has 2 rings (SSSR count). The minimum Gasteiger partial charge on any atom is -0.478 e. The number of pyridine rings is 1. The molecule has 2 heterocycles. The van der Waals surface area contributed by atoms with Crippen LogP contribution in [0.1, 0.15) is 16.2 Å².